The van der Waals surface area contributed by atoms with Crippen molar-refractivity contribution < 1.29 is 15.0 Å². The zero-order valence-corrected chi connectivity index (χ0v) is 5.14. The molecule has 0 aliphatic heterocycles. The van der Waals surface area contributed by atoms with Crippen LogP contribution in [0.2, 0.25) is 0 Å². The summed E-state index contributed by atoms with van der Waals surface area (Å²) in [4.78, 5) is 9.92. The minimum absolute atomic E-state index is 0.289. The Morgan fingerprint density at radius 1 is 1.88 bits per heavy atom. The maximum absolute atomic E-state index is 9.92. The van der Waals surface area contributed by atoms with Crippen molar-refractivity contribution in [2.24, 2.45) is 0 Å². The van der Waals surface area contributed by atoms with Gasteiger partial charge in [-0.05, 0) is 6.92 Å². The summed E-state index contributed by atoms with van der Waals surface area (Å²) in [6, 6.07) is 0. The fraction of sp³-hybridized carbons (Fsp3) is 0.750. The lowest BCUT2D eigenvalue weighted by molar-refractivity contribution is -0.154. The number of alkyl halides is 1. The molecule has 8 heavy (non-hydrogen) atoms. The van der Waals surface area contributed by atoms with E-state index in [0.29, 0.717) is 0 Å². The number of hydrogen-bond acceptors (Lipinski definition) is 2. The van der Waals surface area contributed by atoms with Crippen LogP contribution < -0.4 is 0 Å². The molecular formula is C4H7ClO3. The smallest absolute Gasteiger partial charge is 0.336 e. The van der Waals surface area contributed by atoms with E-state index < -0.39 is 11.6 Å². The Balaban J connectivity index is 3.91. The lowest BCUT2D eigenvalue weighted by atomic mass is 10.1. The molecule has 0 heterocycles. The van der Waals surface area contributed by atoms with Crippen molar-refractivity contribution in [3.05, 3.63) is 0 Å². The van der Waals surface area contributed by atoms with E-state index in [-0.39, 0.29) is 5.88 Å². The van der Waals surface area contributed by atoms with Crippen LogP contribution in [-0.2, 0) is 4.79 Å². The standard InChI is InChI=1S/C4H7ClO3/c1-4(8,2-5)3(6)7/h8H,2H2,1H3,(H,6,7)/t4-/m1/s1. The van der Waals surface area contributed by atoms with E-state index in [1.165, 1.54) is 0 Å². The summed E-state index contributed by atoms with van der Waals surface area (Å²) in [5, 5.41) is 16.8. The number of carbonyl (C=O) groups is 1. The third kappa shape index (κ3) is 1.68. The minimum Gasteiger partial charge on any atom is -0.479 e. The molecule has 0 aromatic carbocycles. The summed E-state index contributed by atoms with van der Waals surface area (Å²) in [6.07, 6.45) is 0. The van der Waals surface area contributed by atoms with Crippen molar-refractivity contribution in [2.45, 2.75) is 12.5 Å². The van der Waals surface area contributed by atoms with Crippen LogP contribution in [0, 0.1) is 0 Å². The molecule has 0 unspecified atom stereocenters. The Kier molecular flexibility index (Phi) is 2.25. The molecule has 0 saturated carbocycles. The summed E-state index contributed by atoms with van der Waals surface area (Å²) in [5.74, 6) is -1.59. The molecule has 0 aliphatic carbocycles. The highest BCUT2D eigenvalue weighted by atomic mass is 35.5. The number of carboxylic acids is 1. The topological polar surface area (TPSA) is 57.5 Å². The molecule has 3 nitrogen and oxygen atoms in total. The van der Waals surface area contributed by atoms with Gasteiger partial charge in [-0.3, -0.25) is 0 Å². The van der Waals surface area contributed by atoms with E-state index in [4.69, 9.17) is 21.8 Å². The van der Waals surface area contributed by atoms with E-state index >= 15 is 0 Å². The minimum atomic E-state index is -1.78. The van der Waals surface area contributed by atoms with Gasteiger partial charge in [-0.15, -0.1) is 11.6 Å². The van der Waals surface area contributed by atoms with Gasteiger partial charge in [0.25, 0.3) is 0 Å². The van der Waals surface area contributed by atoms with Crippen molar-refractivity contribution in [1.82, 2.24) is 0 Å². The molecule has 0 saturated heterocycles. The van der Waals surface area contributed by atoms with Gasteiger partial charge >= 0.3 is 5.97 Å². The van der Waals surface area contributed by atoms with Gasteiger partial charge in [0.05, 0.1) is 5.88 Å². The van der Waals surface area contributed by atoms with Gasteiger partial charge in [-0.25, -0.2) is 4.79 Å². The lowest BCUT2D eigenvalue weighted by Gasteiger charge is -2.11. The molecule has 0 rings (SSSR count). The maximum Gasteiger partial charge on any atom is 0.336 e. The first-order chi connectivity index (χ1) is 3.50. The average molecular weight is 139 g/mol. The second-order valence-electron chi connectivity index (χ2n) is 1.71. The lowest BCUT2D eigenvalue weighted by Crippen LogP contribution is -2.36. The van der Waals surface area contributed by atoms with Crippen LogP contribution in [0.5, 0.6) is 0 Å². The van der Waals surface area contributed by atoms with E-state index in [2.05, 4.69) is 0 Å². The van der Waals surface area contributed by atoms with Crippen LogP contribution in [0.3, 0.4) is 0 Å². The van der Waals surface area contributed by atoms with Gasteiger partial charge in [-0.2, -0.15) is 0 Å². The number of aliphatic carboxylic acids is 1. The van der Waals surface area contributed by atoms with Crippen molar-refractivity contribution >= 4 is 17.6 Å². The number of rotatable bonds is 2. The highest BCUT2D eigenvalue weighted by Gasteiger charge is 2.27. The Morgan fingerprint density at radius 3 is 2.25 bits per heavy atom. The van der Waals surface area contributed by atoms with Gasteiger partial charge in [0, 0.05) is 0 Å². The van der Waals surface area contributed by atoms with Gasteiger partial charge < -0.3 is 10.2 Å². The average Bonchev–Trinajstić information content (AvgIpc) is 1.67. The highest BCUT2D eigenvalue weighted by Crippen LogP contribution is 2.04. The molecular weight excluding hydrogens is 131 g/mol. The molecule has 4 heteroatoms. The molecule has 0 fully saturated rings. The third-order valence-corrected chi connectivity index (χ3v) is 1.24. The summed E-state index contributed by atoms with van der Waals surface area (Å²) in [6.45, 7) is 1.14. The number of carboxylic acid groups (broad SMARTS) is 1. The molecule has 0 amide bonds. The van der Waals surface area contributed by atoms with E-state index in [9.17, 15) is 4.79 Å². The summed E-state index contributed by atoms with van der Waals surface area (Å²) in [5.41, 5.74) is -1.78. The van der Waals surface area contributed by atoms with Crippen LogP contribution in [0.4, 0.5) is 0 Å². The molecule has 2 N–H and O–H groups in total. The summed E-state index contributed by atoms with van der Waals surface area (Å²) >= 11 is 5.06. The first-order valence-corrected chi connectivity index (χ1v) is 2.56. The molecule has 48 valence electrons. The number of halogens is 1. The van der Waals surface area contributed by atoms with Crippen molar-refractivity contribution in [1.29, 1.82) is 0 Å². The van der Waals surface area contributed by atoms with Gasteiger partial charge in [0.2, 0.25) is 0 Å². The molecule has 0 bridgehead atoms. The molecule has 0 aromatic heterocycles. The molecule has 0 aromatic rings. The predicted octanol–water partition coefficient (Wildman–Crippen LogP) is 0.0608. The van der Waals surface area contributed by atoms with Crippen molar-refractivity contribution in [3.63, 3.8) is 0 Å². The van der Waals surface area contributed by atoms with Crippen LogP contribution >= 0.6 is 11.6 Å². The Labute approximate surface area is 51.9 Å². The fourth-order valence-electron chi connectivity index (χ4n) is 0.0572. The summed E-state index contributed by atoms with van der Waals surface area (Å²) in [7, 11) is 0. The van der Waals surface area contributed by atoms with Crippen molar-refractivity contribution in [2.75, 3.05) is 5.88 Å². The predicted molar refractivity (Wildman–Crippen MR) is 29.0 cm³/mol. The second-order valence-corrected chi connectivity index (χ2v) is 1.98. The zero-order chi connectivity index (χ0) is 6.78. The monoisotopic (exact) mass is 138 g/mol. The van der Waals surface area contributed by atoms with Crippen LogP contribution in [0.25, 0.3) is 0 Å². The largest absolute Gasteiger partial charge is 0.479 e. The Morgan fingerprint density at radius 2 is 2.25 bits per heavy atom. The molecule has 0 spiro atoms. The van der Waals surface area contributed by atoms with Crippen molar-refractivity contribution in [3.8, 4) is 0 Å². The van der Waals surface area contributed by atoms with Gasteiger partial charge in [-0.1, -0.05) is 0 Å². The molecule has 1 atom stereocenters. The maximum atomic E-state index is 9.92. The first kappa shape index (κ1) is 7.72. The number of aliphatic hydroxyl groups is 1. The fourth-order valence-corrected chi connectivity index (χ4v) is 0.171. The van der Waals surface area contributed by atoms with E-state index in [1.54, 1.807) is 0 Å². The molecule has 0 aliphatic rings. The van der Waals surface area contributed by atoms with Gasteiger partial charge in [0.15, 0.2) is 5.60 Å². The zero-order valence-electron chi connectivity index (χ0n) is 4.39. The summed E-state index contributed by atoms with van der Waals surface area (Å²) < 4.78 is 0. The van der Waals surface area contributed by atoms with E-state index in [1.807, 2.05) is 0 Å². The Hall–Kier alpha value is -0.280. The normalized spacial score (nSPS) is 17.4. The quantitative estimate of drug-likeness (QED) is 0.531. The van der Waals surface area contributed by atoms with Crippen LogP contribution in [0.1, 0.15) is 6.92 Å². The Bertz CT molecular complexity index is 99.5. The number of hydrogen-bond donors (Lipinski definition) is 2. The second kappa shape index (κ2) is 2.33. The van der Waals surface area contributed by atoms with Crippen LogP contribution in [0.15, 0.2) is 0 Å². The highest BCUT2D eigenvalue weighted by molar-refractivity contribution is 6.20. The van der Waals surface area contributed by atoms with Gasteiger partial charge in [0.1, 0.15) is 0 Å². The van der Waals surface area contributed by atoms with Crippen LogP contribution in [-0.4, -0.2) is 27.7 Å². The third-order valence-electron chi connectivity index (χ3n) is 0.721. The van der Waals surface area contributed by atoms with E-state index in [0.717, 1.165) is 6.92 Å². The SMILES string of the molecule is C[C@@](O)(CCl)C(=O)O. The molecule has 0 radical (unpaired) electrons. The first-order valence-electron chi connectivity index (χ1n) is 2.02.